The molecule has 2 nitrogen and oxygen atoms in total. The zero-order valence-electron chi connectivity index (χ0n) is 6.57. The van der Waals surface area contributed by atoms with E-state index >= 15 is 0 Å². The molecule has 0 aromatic carbocycles. The van der Waals surface area contributed by atoms with Gasteiger partial charge in [-0.3, -0.25) is 4.98 Å². The van der Waals surface area contributed by atoms with Gasteiger partial charge in [0.1, 0.15) is 0 Å². The molecular formula is C9H11N2. The third-order valence-corrected chi connectivity index (χ3v) is 1.65. The van der Waals surface area contributed by atoms with E-state index in [9.17, 15) is 0 Å². The maximum absolute atomic E-state index is 8.55. The van der Waals surface area contributed by atoms with Gasteiger partial charge in [-0.25, -0.2) is 0 Å². The van der Waals surface area contributed by atoms with E-state index in [4.69, 9.17) is 5.41 Å². The Morgan fingerprint density at radius 1 is 1.64 bits per heavy atom. The van der Waals surface area contributed by atoms with Gasteiger partial charge in [0.15, 0.2) is 0 Å². The zero-order valence-corrected chi connectivity index (χ0v) is 6.57. The molecule has 1 aromatic rings. The van der Waals surface area contributed by atoms with Crippen LogP contribution in [0.5, 0.6) is 0 Å². The van der Waals surface area contributed by atoms with Crippen molar-refractivity contribution in [3.8, 4) is 0 Å². The van der Waals surface area contributed by atoms with Crippen LogP contribution in [0.25, 0.3) is 0 Å². The molecule has 0 N–H and O–H groups in total. The van der Waals surface area contributed by atoms with Crippen LogP contribution in [-0.2, 0) is 0 Å². The quantitative estimate of drug-likeness (QED) is 0.596. The fraction of sp³-hybridized carbons (Fsp3) is 0.333. The Labute approximate surface area is 66.8 Å². The highest BCUT2D eigenvalue weighted by atomic mass is 14.7. The van der Waals surface area contributed by atoms with Crippen molar-refractivity contribution >= 4 is 6.21 Å². The van der Waals surface area contributed by atoms with Gasteiger partial charge in [0.05, 0.1) is 0 Å². The minimum atomic E-state index is 0.307. The summed E-state index contributed by atoms with van der Waals surface area (Å²) in [6, 6.07) is 5.81. The summed E-state index contributed by atoms with van der Waals surface area (Å²) in [6.45, 7) is 2.04. The summed E-state index contributed by atoms with van der Waals surface area (Å²) in [5.41, 5.74) is 1.03. The molecule has 0 aliphatic heterocycles. The fourth-order valence-electron chi connectivity index (χ4n) is 0.946. The molecule has 1 rings (SSSR count). The molecule has 0 aliphatic rings. The van der Waals surface area contributed by atoms with Gasteiger partial charge in [-0.1, -0.05) is 13.0 Å². The highest BCUT2D eigenvalue weighted by Crippen LogP contribution is 2.13. The Morgan fingerprint density at radius 2 is 2.45 bits per heavy atom. The Kier molecular flexibility index (Phi) is 2.78. The van der Waals surface area contributed by atoms with Crippen LogP contribution in [0, 0.1) is 0 Å². The summed E-state index contributed by atoms with van der Waals surface area (Å²) in [5.74, 6) is 0.307. The zero-order chi connectivity index (χ0) is 8.10. The van der Waals surface area contributed by atoms with Crippen LogP contribution in [0.1, 0.15) is 25.0 Å². The maximum Gasteiger partial charge on any atom is 0.0435 e. The largest absolute Gasteiger partial charge is 0.261 e. The first-order valence-corrected chi connectivity index (χ1v) is 3.71. The second-order valence-corrected chi connectivity index (χ2v) is 2.57. The molecule has 1 atom stereocenters. The Morgan fingerprint density at radius 3 is 3.00 bits per heavy atom. The number of pyridine rings is 1. The second-order valence-electron chi connectivity index (χ2n) is 2.57. The topological polar surface area (TPSA) is 35.2 Å². The molecule has 1 aromatic heterocycles. The number of nitrogens with zero attached hydrogens (tertiary/aromatic N) is 2. The first-order chi connectivity index (χ1) is 5.34. The van der Waals surface area contributed by atoms with Crippen molar-refractivity contribution in [1.82, 2.24) is 10.4 Å². The lowest BCUT2D eigenvalue weighted by Gasteiger charge is -2.05. The predicted molar refractivity (Wildman–Crippen MR) is 45.5 cm³/mol. The van der Waals surface area contributed by atoms with Crippen molar-refractivity contribution in [1.29, 1.82) is 0 Å². The molecule has 0 bridgehead atoms. The first-order valence-electron chi connectivity index (χ1n) is 3.71. The molecule has 1 radical (unpaired) electrons. The van der Waals surface area contributed by atoms with Crippen LogP contribution in [0.15, 0.2) is 24.4 Å². The lowest BCUT2D eigenvalue weighted by molar-refractivity contribution is 0.778. The highest BCUT2D eigenvalue weighted by Gasteiger charge is 2.02. The number of aromatic nitrogens is 1. The standard InChI is InChI=1S/C9H11N2/c1-8(5-6-10)9-4-2-3-7-11-9/h2-4,6-8H,5H2,1H3. The minimum Gasteiger partial charge on any atom is -0.261 e. The molecule has 57 valence electrons. The third kappa shape index (κ3) is 2.15. The fourth-order valence-corrected chi connectivity index (χ4v) is 0.946. The summed E-state index contributed by atoms with van der Waals surface area (Å²) in [4.78, 5) is 4.17. The number of hydrogen-bond acceptors (Lipinski definition) is 1. The lowest BCUT2D eigenvalue weighted by Crippen LogP contribution is -1.96. The van der Waals surface area contributed by atoms with E-state index in [0.717, 1.165) is 5.69 Å². The van der Waals surface area contributed by atoms with Crippen molar-refractivity contribution in [2.45, 2.75) is 19.3 Å². The van der Waals surface area contributed by atoms with Gasteiger partial charge in [-0.15, -0.1) is 0 Å². The van der Waals surface area contributed by atoms with Gasteiger partial charge in [0.25, 0.3) is 0 Å². The van der Waals surface area contributed by atoms with Gasteiger partial charge in [-0.2, -0.15) is 5.41 Å². The molecule has 0 saturated heterocycles. The van der Waals surface area contributed by atoms with Crippen LogP contribution in [-0.4, -0.2) is 11.2 Å². The van der Waals surface area contributed by atoms with E-state index in [-0.39, 0.29) is 0 Å². The molecule has 0 fully saturated rings. The van der Waals surface area contributed by atoms with Gasteiger partial charge >= 0.3 is 0 Å². The molecule has 0 saturated carbocycles. The minimum absolute atomic E-state index is 0.307. The molecule has 1 unspecified atom stereocenters. The van der Waals surface area contributed by atoms with Crippen LogP contribution < -0.4 is 5.41 Å². The summed E-state index contributed by atoms with van der Waals surface area (Å²) < 4.78 is 0. The summed E-state index contributed by atoms with van der Waals surface area (Å²) in [6.07, 6.45) is 3.61. The highest BCUT2D eigenvalue weighted by molar-refractivity contribution is 5.55. The van der Waals surface area contributed by atoms with E-state index in [0.29, 0.717) is 12.3 Å². The van der Waals surface area contributed by atoms with Crippen LogP contribution in [0.4, 0.5) is 0 Å². The van der Waals surface area contributed by atoms with Crippen LogP contribution in [0.2, 0.25) is 0 Å². The van der Waals surface area contributed by atoms with Gasteiger partial charge in [0, 0.05) is 24.0 Å². The molecule has 0 aliphatic carbocycles. The van der Waals surface area contributed by atoms with Gasteiger partial charge in [0.2, 0.25) is 0 Å². The normalized spacial score (nSPS) is 12.5. The van der Waals surface area contributed by atoms with E-state index in [1.165, 1.54) is 6.21 Å². The first kappa shape index (κ1) is 7.92. The predicted octanol–water partition coefficient (Wildman–Crippen LogP) is 1.45. The van der Waals surface area contributed by atoms with Crippen molar-refractivity contribution in [3.05, 3.63) is 30.1 Å². The van der Waals surface area contributed by atoms with Crippen molar-refractivity contribution in [3.63, 3.8) is 0 Å². The average molecular weight is 147 g/mol. The molecule has 2 heteroatoms. The molecule has 0 spiro atoms. The van der Waals surface area contributed by atoms with E-state index < -0.39 is 0 Å². The van der Waals surface area contributed by atoms with E-state index in [2.05, 4.69) is 4.98 Å². The van der Waals surface area contributed by atoms with Crippen molar-refractivity contribution in [2.75, 3.05) is 0 Å². The maximum atomic E-state index is 8.55. The second kappa shape index (κ2) is 3.86. The summed E-state index contributed by atoms with van der Waals surface area (Å²) in [7, 11) is 0. The third-order valence-electron chi connectivity index (χ3n) is 1.65. The Hall–Kier alpha value is -1.18. The summed E-state index contributed by atoms with van der Waals surface area (Å²) >= 11 is 0. The number of rotatable bonds is 3. The SMILES string of the molecule is CC(CC=[N])c1ccccn1. The van der Waals surface area contributed by atoms with Crippen molar-refractivity contribution in [2.24, 2.45) is 0 Å². The van der Waals surface area contributed by atoms with E-state index in [1.807, 2.05) is 25.1 Å². The monoisotopic (exact) mass is 147 g/mol. The van der Waals surface area contributed by atoms with Crippen molar-refractivity contribution < 1.29 is 0 Å². The summed E-state index contributed by atoms with van der Waals surface area (Å²) in [5, 5.41) is 8.55. The Bertz CT molecular complexity index is 218. The molecular weight excluding hydrogens is 136 g/mol. The van der Waals surface area contributed by atoms with E-state index in [1.54, 1.807) is 6.20 Å². The van der Waals surface area contributed by atoms with Gasteiger partial charge in [-0.05, 0) is 18.6 Å². The Balaban J connectivity index is 2.68. The molecule has 0 amide bonds. The average Bonchev–Trinajstić information content (AvgIpc) is 2.07. The molecule has 1 heterocycles. The van der Waals surface area contributed by atoms with Gasteiger partial charge < -0.3 is 0 Å². The van der Waals surface area contributed by atoms with Crippen LogP contribution >= 0.6 is 0 Å². The van der Waals surface area contributed by atoms with Crippen LogP contribution in [0.3, 0.4) is 0 Å². The molecule has 11 heavy (non-hydrogen) atoms. The lowest BCUT2D eigenvalue weighted by atomic mass is 10.0. The number of hydrogen-bond donors (Lipinski definition) is 0. The smallest absolute Gasteiger partial charge is 0.0435 e.